The second kappa shape index (κ2) is 8.80. The predicted molar refractivity (Wildman–Crippen MR) is 90.2 cm³/mol. The lowest BCUT2D eigenvalue weighted by Crippen LogP contribution is -2.18. The van der Waals surface area contributed by atoms with Crippen LogP contribution in [0.2, 0.25) is 0 Å². The lowest BCUT2D eigenvalue weighted by atomic mass is 10.1. The van der Waals surface area contributed by atoms with E-state index >= 15 is 0 Å². The zero-order valence-electron chi connectivity index (χ0n) is 12.9. The third kappa shape index (κ3) is 4.83. The maximum Gasteiger partial charge on any atom is 0.128 e. The van der Waals surface area contributed by atoms with Crippen LogP contribution in [-0.4, -0.2) is 24.7 Å². The highest BCUT2D eigenvalue weighted by molar-refractivity contribution is 7.09. The first-order chi connectivity index (χ1) is 10.3. The van der Waals surface area contributed by atoms with E-state index in [1.165, 1.54) is 17.8 Å². The molecule has 2 aromatic rings. The number of nitrogens with zero attached hydrogens (tertiary/aromatic N) is 1. The van der Waals surface area contributed by atoms with E-state index in [1.807, 2.05) is 25.1 Å². The molecule has 3 nitrogen and oxygen atoms in total. The zero-order chi connectivity index (χ0) is 14.9. The highest BCUT2D eigenvalue weighted by Gasteiger charge is 2.09. The van der Waals surface area contributed by atoms with Gasteiger partial charge in [0.1, 0.15) is 5.75 Å². The Labute approximate surface area is 131 Å². The Morgan fingerprint density at radius 2 is 2.05 bits per heavy atom. The largest absolute Gasteiger partial charge is 0.493 e. The number of nitrogens with one attached hydrogen (secondary N) is 1. The van der Waals surface area contributed by atoms with Crippen LogP contribution in [0.3, 0.4) is 0 Å². The van der Waals surface area contributed by atoms with Crippen molar-refractivity contribution in [1.82, 2.24) is 10.3 Å². The van der Waals surface area contributed by atoms with Gasteiger partial charge in [-0.15, -0.1) is 11.3 Å². The average molecular weight is 304 g/mol. The van der Waals surface area contributed by atoms with E-state index in [2.05, 4.69) is 23.7 Å². The third-order valence-corrected chi connectivity index (χ3v) is 4.15. The molecule has 1 heterocycles. The first-order valence-corrected chi connectivity index (χ1v) is 8.60. The number of thiazole rings is 1. The van der Waals surface area contributed by atoms with Gasteiger partial charge in [-0.25, -0.2) is 4.98 Å². The lowest BCUT2D eigenvalue weighted by molar-refractivity contribution is 0.341. The summed E-state index contributed by atoms with van der Waals surface area (Å²) in [4.78, 5) is 4.74. The molecule has 1 aromatic heterocycles. The minimum atomic E-state index is 0.676. The summed E-state index contributed by atoms with van der Waals surface area (Å²) in [5, 5.41) is 6.76. The predicted octanol–water partition coefficient (Wildman–Crippen LogP) is 4.14. The van der Waals surface area contributed by atoms with Gasteiger partial charge in [0.2, 0.25) is 0 Å². The molecular weight excluding hydrogens is 280 g/mol. The van der Waals surface area contributed by atoms with Gasteiger partial charge in [-0.2, -0.15) is 0 Å². The highest BCUT2D eigenvalue weighted by Crippen LogP contribution is 2.30. The summed E-state index contributed by atoms with van der Waals surface area (Å²) in [6.45, 7) is 6.99. The van der Waals surface area contributed by atoms with Gasteiger partial charge in [-0.3, -0.25) is 0 Å². The molecule has 0 aliphatic carbocycles. The van der Waals surface area contributed by atoms with Crippen molar-refractivity contribution in [2.45, 2.75) is 33.1 Å². The van der Waals surface area contributed by atoms with Gasteiger partial charge in [-0.1, -0.05) is 25.5 Å². The number of aromatic nitrogens is 1. The lowest BCUT2D eigenvalue weighted by Gasteiger charge is -2.07. The molecule has 0 spiro atoms. The molecule has 114 valence electrons. The van der Waals surface area contributed by atoms with E-state index in [0.717, 1.165) is 36.5 Å². The van der Waals surface area contributed by atoms with E-state index in [0.29, 0.717) is 6.61 Å². The minimum absolute atomic E-state index is 0.676. The van der Waals surface area contributed by atoms with Gasteiger partial charge in [0.15, 0.2) is 0 Å². The fourth-order valence-electron chi connectivity index (χ4n) is 2.13. The molecule has 0 aliphatic rings. The molecular formula is C17H24N2OS. The summed E-state index contributed by atoms with van der Waals surface area (Å²) >= 11 is 1.73. The van der Waals surface area contributed by atoms with Crippen molar-refractivity contribution in [3.05, 3.63) is 34.7 Å². The van der Waals surface area contributed by atoms with Crippen molar-refractivity contribution in [3.8, 4) is 17.0 Å². The second-order valence-electron chi connectivity index (χ2n) is 4.91. The number of hydrogen-bond donors (Lipinski definition) is 1. The van der Waals surface area contributed by atoms with E-state index in [4.69, 9.17) is 9.72 Å². The smallest absolute Gasteiger partial charge is 0.128 e. The monoisotopic (exact) mass is 304 g/mol. The van der Waals surface area contributed by atoms with Gasteiger partial charge < -0.3 is 10.1 Å². The fourth-order valence-corrected chi connectivity index (χ4v) is 2.93. The van der Waals surface area contributed by atoms with Crippen LogP contribution in [-0.2, 0) is 6.42 Å². The van der Waals surface area contributed by atoms with Crippen LogP contribution in [0, 0.1) is 0 Å². The number of unbranched alkanes of at least 4 members (excludes halogenated alkanes) is 1. The van der Waals surface area contributed by atoms with Crippen LogP contribution >= 0.6 is 11.3 Å². The summed E-state index contributed by atoms with van der Waals surface area (Å²) in [7, 11) is 0. The van der Waals surface area contributed by atoms with Crippen molar-refractivity contribution in [1.29, 1.82) is 0 Å². The summed E-state index contributed by atoms with van der Waals surface area (Å²) < 4.78 is 5.68. The van der Waals surface area contributed by atoms with Crippen molar-refractivity contribution in [2.24, 2.45) is 0 Å². The molecule has 0 aliphatic heterocycles. The van der Waals surface area contributed by atoms with Crippen molar-refractivity contribution in [2.75, 3.05) is 19.7 Å². The van der Waals surface area contributed by atoms with Crippen molar-refractivity contribution < 1.29 is 4.74 Å². The number of benzene rings is 1. The van der Waals surface area contributed by atoms with E-state index in [1.54, 1.807) is 11.3 Å². The molecule has 0 unspecified atom stereocenters. The summed E-state index contributed by atoms with van der Waals surface area (Å²) in [6.07, 6.45) is 3.47. The molecule has 4 heteroatoms. The molecule has 0 fully saturated rings. The first-order valence-electron chi connectivity index (χ1n) is 7.72. The quantitative estimate of drug-likeness (QED) is 0.707. The van der Waals surface area contributed by atoms with Crippen LogP contribution in [0.25, 0.3) is 11.3 Å². The standard InChI is InChI=1S/C17H24N2OS/c1-3-5-11-18-12-10-17-19-15(13-21-17)14-8-6-7-9-16(14)20-4-2/h6-9,13,18H,3-5,10-12H2,1-2H3. The van der Waals surface area contributed by atoms with Gasteiger partial charge in [0.05, 0.1) is 17.3 Å². The Balaban J connectivity index is 1.96. The summed E-state index contributed by atoms with van der Waals surface area (Å²) in [5.41, 5.74) is 2.11. The molecule has 0 atom stereocenters. The molecule has 1 aromatic carbocycles. The number of para-hydroxylation sites is 1. The highest BCUT2D eigenvalue weighted by atomic mass is 32.1. The van der Waals surface area contributed by atoms with E-state index in [-0.39, 0.29) is 0 Å². The minimum Gasteiger partial charge on any atom is -0.493 e. The normalized spacial score (nSPS) is 10.8. The number of rotatable bonds is 9. The van der Waals surface area contributed by atoms with Gasteiger partial charge in [-0.05, 0) is 32.0 Å². The Kier molecular flexibility index (Phi) is 6.70. The van der Waals surface area contributed by atoms with Crippen LogP contribution in [0.5, 0.6) is 5.75 Å². The number of hydrogen-bond acceptors (Lipinski definition) is 4. The molecule has 21 heavy (non-hydrogen) atoms. The van der Waals surface area contributed by atoms with Gasteiger partial charge in [0.25, 0.3) is 0 Å². The SMILES string of the molecule is CCCCNCCc1nc(-c2ccccc2OCC)cs1. The first kappa shape index (κ1) is 16.0. The fraction of sp³-hybridized carbons (Fsp3) is 0.471. The number of ether oxygens (including phenoxy) is 1. The maximum atomic E-state index is 5.68. The molecule has 0 bridgehead atoms. The molecule has 0 amide bonds. The van der Waals surface area contributed by atoms with E-state index < -0.39 is 0 Å². The van der Waals surface area contributed by atoms with Crippen LogP contribution in [0.15, 0.2) is 29.6 Å². The second-order valence-corrected chi connectivity index (χ2v) is 5.85. The Morgan fingerprint density at radius 1 is 1.19 bits per heavy atom. The molecule has 0 radical (unpaired) electrons. The van der Waals surface area contributed by atoms with Crippen molar-refractivity contribution in [3.63, 3.8) is 0 Å². The molecule has 2 rings (SSSR count). The molecule has 0 saturated carbocycles. The third-order valence-electron chi connectivity index (χ3n) is 3.24. The van der Waals surface area contributed by atoms with Gasteiger partial charge >= 0.3 is 0 Å². The molecule has 1 N–H and O–H groups in total. The van der Waals surface area contributed by atoms with Crippen molar-refractivity contribution >= 4 is 11.3 Å². The van der Waals surface area contributed by atoms with E-state index in [9.17, 15) is 0 Å². The summed E-state index contributed by atoms with van der Waals surface area (Å²) in [6, 6.07) is 8.11. The Bertz CT molecular complexity index is 539. The average Bonchev–Trinajstić information content (AvgIpc) is 2.97. The van der Waals surface area contributed by atoms with Crippen LogP contribution in [0.1, 0.15) is 31.7 Å². The maximum absolute atomic E-state index is 5.68. The zero-order valence-corrected chi connectivity index (χ0v) is 13.7. The van der Waals surface area contributed by atoms with Crippen LogP contribution < -0.4 is 10.1 Å². The van der Waals surface area contributed by atoms with Crippen LogP contribution in [0.4, 0.5) is 0 Å². The Morgan fingerprint density at radius 3 is 2.86 bits per heavy atom. The Hall–Kier alpha value is -1.39. The van der Waals surface area contributed by atoms with Gasteiger partial charge in [0, 0.05) is 23.9 Å². The molecule has 0 saturated heterocycles. The summed E-state index contributed by atoms with van der Waals surface area (Å²) in [5.74, 6) is 0.915. The topological polar surface area (TPSA) is 34.2 Å².